The van der Waals surface area contributed by atoms with Crippen LogP contribution in [-0.4, -0.2) is 42.3 Å². The Morgan fingerprint density at radius 1 is 1.35 bits per heavy atom. The molecule has 1 atom stereocenters. The van der Waals surface area contributed by atoms with Gasteiger partial charge in [0.25, 0.3) is 0 Å². The van der Waals surface area contributed by atoms with E-state index in [9.17, 15) is 13.2 Å². The van der Waals surface area contributed by atoms with Gasteiger partial charge in [-0.15, -0.1) is 0 Å². The Morgan fingerprint density at radius 3 is 2.41 bits per heavy atom. The standard InChI is InChI=1S/C12H23F3N2/c1-9(2)5-10-6-17(8-12(13,14)15)11(3,4)7-16-10/h9-10,16H,5-8H2,1-4H3. The van der Waals surface area contributed by atoms with Gasteiger partial charge in [-0.3, -0.25) is 4.90 Å². The fourth-order valence-electron chi connectivity index (χ4n) is 2.31. The van der Waals surface area contributed by atoms with Crippen LogP contribution in [0.2, 0.25) is 0 Å². The number of nitrogens with zero attached hydrogens (tertiary/aromatic N) is 1. The molecule has 1 aliphatic heterocycles. The lowest BCUT2D eigenvalue weighted by atomic mass is 9.93. The van der Waals surface area contributed by atoms with Crippen LogP contribution in [0.25, 0.3) is 0 Å². The molecule has 0 bridgehead atoms. The first-order valence-electron chi connectivity index (χ1n) is 6.15. The lowest BCUT2D eigenvalue weighted by molar-refractivity contribution is -0.161. The Hall–Kier alpha value is -0.290. The SMILES string of the molecule is CC(C)CC1CN(CC(F)(F)F)C(C)(C)CN1. The van der Waals surface area contributed by atoms with E-state index >= 15 is 0 Å². The lowest BCUT2D eigenvalue weighted by Gasteiger charge is -2.46. The number of hydrogen-bond donors (Lipinski definition) is 1. The van der Waals surface area contributed by atoms with Gasteiger partial charge in [-0.25, -0.2) is 0 Å². The summed E-state index contributed by atoms with van der Waals surface area (Å²) in [6.45, 7) is 8.18. The number of nitrogens with one attached hydrogen (secondary N) is 1. The molecule has 1 unspecified atom stereocenters. The molecule has 17 heavy (non-hydrogen) atoms. The molecule has 5 heteroatoms. The van der Waals surface area contributed by atoms with Gasteiger partial charge in [0.2, 0.25) is 0 Å². The van der Waals surface area contributed by atoms with Crippen molar-refractivity contribution in [1.82, 2.24) is 10.2 Å². The van der Waals surface area contributed by atoms with Gasteiger partial charge in [0, 0.05) is 24.7 Å². The van der Waals surface area contributed by atoms with Gasteiger partial charge >= 0.3 is 6.18 Å². The zero-order valence-corrected chi connectivity index (χ0v) is 11.1. The molecule has 0 amide bonds. The number of alkyl halides is 3. The van der Waals surface area contributed by atoms with E-state index in [0.29, 0.717) is 19.0 Å². The van der Waals surface area contributed by atoms with Crippen LogP contribution in [0.4, 0.5) is 13.2 Å². The van der Waals surface area contributed by atoms with Crippen molar-refractivity contribution < 1.29 is 13.2 Å². The van der Waals surface area contributed by atoms with E-state index in [1.165, 1.54) is 0 Å². The van der Waals surface area contributed by atoms with Gasteiger partial charge in [-0.2, -0.15) is 13.2 Å². The Labute approximate surface area is 102 Å². The average Bonchev–Trinajstić information content (AvgIpc) is 2.08. The molecule has 1 heterocycles. The maximum absolute atomic E-state index is 12.5. The van der Waals surface area contributed by atoms with E-state index in [-0.39, 0.29) is 6.04 Å². The van der Waals surface area contributed by atoms with Gasteiger partial charge < -0.3 is 5.32 Å². The lowest BCUT2D eigenvalue weighted by Crippen LogP contribution is -2.63. The van der Waals surface area contributed by atoms with E-state index in [0.717, 1.165) is 6.42 Å². The monoisotopic (exact) mass is 252 g/mol. The quantitative estimate of drug-likeness (QED) is 0.830. The summed E-state index contributed by atoms with van der Waals surface area (Å²) in [6, 6.07) is 0.172. The maximum Gasteiger partial charge on any atom is 0.401 e. The van der Waals surface area contributed by atoms with E-state index in [1.54, 1.807) is 4.90 Å². The highest BCUT2D eigenvalue weighted by molar-refractivity contribution is 4.93. The van der Waals surface area contributed by atoms with Crippen LogP contribution in [0.1, 0.15) is 34.1 Å². The van der Waals surface area contributed by atoms with Gasteiger partial charge in [0.05, 0.1) is 6.54 Å². The molecule has 1 rings (SSSR count). The smallest absolute Gasteiger partial charge is 0.311 e. The second-order valence-electron chi connectivity index (χ2n) is 6.02. The van der Waals surface area contributed by atoms with Crippen molar-refractivity contribution in [3.8, 4) is 0 Å². The minimum Gasteiger partial charge on any atom is -0.311 e. The maximum atomic E-state index is 12.5. The molecule has 2 nitrogen and oxygen atoms in total. The molecule has 0 aromatic heterocycles. The molecule has 1 saturated heterocycles. The molecule has 0 saturated carbocycles. The summed E-state index contributed by atoms with van der Waals surface area (Å²) in [5.74, 6) is 0.501. The summed E-state index contributed by atoms with van der Waals surface area (Å²) in [4.78, 5) is 1.55. The summed E-state index contributed by atoms with van der Waals surface area (Å²) in [7, 11) is 0. The highest BCUT2D eigenvalue weighted by Gasteiger charge is 2.40. The average molecular weight is 252 g/mol. The third-order valence-corrected chi connectivity index (χ3v) is 3.25. The van der Waals surface area contributed by atoms with Crippen LogP contribution in [-0.2, 0) is 0 Å². The van der Waals surface area contributed by atoms with Crippen LogP contribution in [0.15, 0.2) is 0 Å². The van der Waals surface area contributed by atoms with Crippen molar-refractivity contribution in [3.63, 3.8) is 0 Å². The molecular weight excluding hydrogens is 229 g/mol. The summed E-state index contributed by atoms with van der Waals surface area (Å²) < 4.78 is 37.5. The fraction of sp³-hybridized carbons (Fsp3) is 1.00. The minimum atomic E-state index is -4.11. The van der Waals surface area contributed by atoms with E-state index in [4.69, 9.17) is 0 Å². The third-order valence-electron chi connectivity index (χ3n) is 3.25. The molecule has 102 valence electrons. The number of rotatable bonds is 3. The molecular formula is C12H23F3N2. The first-order valence-corrected chi connectivity index (χ1v) is 6.15. The van der Waals surface area contributed by atoms with Crippen molar-refractivity contribution >= 4 is 0 Å². The van der Waals surface area contributed by atoms with Crippen molar-refractivity contribution in [2.75, 3.05) is 19.6 Å². The van der Waals surface area contributed by atoms with E-state index in [1.807, 2.05) is 13.8 Å². The predicted octanol–water partition coefficient (Wildman–Crippen LogP) is 2.65. The molecule has 1 aliphatic rings. The number of halogens is 3. The van der Waals surface area contributed by atoms with Crippen LogP contribution >= 0.6 is 0 Å². The molecule has 0 spiro atoms. The van der Waals surface area contributed by atoms with Gasteiger partial charge in [-0.05, 0) is 26.2 Å². The van der Waals surface area contributed by atoms with E-state index in [2.05, 4.69) is 19.2 Å². The molecule has 1 fully saturated rings. The molecule has 0 aliphatic carbocycles. The third kappa shape index (κ3) is 4.84. The zero-order chi connectivity index (χ0) is 13.3. The molecule has 0 aromatic carbocycles. The first-order chi connectivity index (χ1) is 7.60. The molecule has 1 N–H and O–H groups in total. The fourth-order valence-corrected chi connectivity index (χ4v) is 2.31. The molecule has 0 aromatic rings. The van der Waals surface area contributed by atoms with E-state index < -0.39 is 18.3 Å². The van der Waals surface area contributed by atoms with Crippen LogP contribution < -0.4 is 5.32 Å². The topological polar surface area (TPSA) is 15.3 Å². The largest absolute Gasteiger partial charge is 0.401 e. The summed E-state index contributed by atoms with van der Waals surface area (Å²) in [5.41, 5.74) is -0.428. The Kier molecular flexibility index (Phi) is 4.47. The zero-order valence-electron chi connectivity index (χ0n) is 11.1. The normalized spacial score (nSPS) is 26.5. The van der Waals surface area contributed by atoms with Crippen LogP contribution in [0, 0.1) is 5.92 Å². The first kappa shape index (κ1) is 14.8. The van der Waals surface area contributed by atoms with Crippen molar-refractivity contribution in [2.24, 2.45) is 5.92 Å². The Bertz CT molecular complexity index is 249. The number of piperazine rings is 1. The van der Waals surface area contributed by atoms with Crippen LogP contribution in [0.5, 0.6) is 0 Å². The predicted molar refractivity (Wildman–Crippen MR) is 63.0 cm³/mol. The highest BCUT2D eigenvalue weighted by atomic mass is 19.4. The van der Waals surface area contributed by atoms with Gasteiger partial charge in [0.1, 0.15) is 0 Å². The van der Waals surface area contributed by atoms with Gasteiger partial charge in [0.15, 0.2) is 0 Å². The second kappa shape index (κ2) is 5.14. The minimum absolute atomic E-state index is 0.172. The van der Waals surface area contributed by atoms with Crippen molar-refractivity contribution in [3.05, 3.63) is 0 Å². The Balaban J connectivity index is 2.63. The number of hydrogen-bond acceptors (Lipinski definition) is 2. The van der Waals surface area contributed by atoms with Crippen molar-refractivity contribution in [2.45, 2.75) is 51.9 Å². The summed E-state index contributed by atoms with van der Waals surface area (Å²) in [5, 5.41) is 3.35. The van der Waals surface area contributed by atoms with Crippen LogP contribution in [0.3, 0.4) is 0 Å². The summed E-state index contributed by atoms with van der Waals surface area (Å²) in [6.07, 6.45) is -3.19. The Morgan fingerprint density at radius 2 is 1.94 bits per heavy atom. The van der Waals surface area contributed by atoms with Crippen molar-refractivity contribution in [1.29, 1.82) is 0 Å². The second-order valence-corrected chi connectivity index (χ2v) is 6.02. The van der Waals surface area contributed by atoms with Gasteiger partial charge in [-0.1, -0.05) is 13.8 Å². The highest BCUT2D eigenvalue weighted by Crippen LogP contribution is 2.26. The molecule has 0 radical (unpaired) electrons. The summed E-state index contributed by atoms with van der Waals surface area (Å²) >= 11 is 0.